The van der Waals surface area contributed by atoms with Gasteiger partial charge in [0.2, 0.25) is 5.91 Å². The monoisotopic (exact) mass is 321 g/mol. The first-order chi connectivity index (χ1) is 10.5. The number of amides is 1. The maximum atomic E-state index is 12.2. The van der Waals surface area contributed by atoms with Gasteiger partial charge < -0.3 is 10.2 Å². The van der Waals surface area contributed by atoms with E-state index in [1.54, 1.807) is 16.0 Å². The Balaban J connectivity index is 1.51. The molecule has 0 aliphatic carbocycles. The van der Waals surface area contributed by atoms with Crippen LogP contribution < -0.4 is 5.32 Å². The molecule has 2 aromatic rings. The lowest BCUT2D eigenvalue weighted by Crippen LogP contribution is -2.38. The zero-order valence-electron chi connectivity index (χ0n) is 13.4. The van der Waals surface area contributed by atoms with E-state index in [0.717, 1.165) is 53.0 Å². The molecule has 0 unspecified atom stereocenters. The molecule has 0 radical (unpaired) electrons. The van der Waals surface area contributed by atoms with Gasteiger partial charge in [0.15, 0.2) is 10.8 Å². The number of carbonyl (C=O) groups is 1. The second-order valence-electron chi connectivity index (χ2n) is 6.12. The molecule has 0 aromatic carbocycles. The molecule has 0 saturated carbocycles. The van der Waals surface area contributed by atoms with E-state index in [1.807, 2.05) is 18.9 Å². The van der Waals surface area contributed by atoms with Crippen LogP contribution in [0.3, 0.4) is 0 Å². The van der Waals surface area contributed by atoms with Crippen molar-refractivity contribution in [2.75, 3.05) is 25.0 Å². The van der Waals surface area contributed by atoms with Crippen molar-refractivity contribution in [2.24, 2.45) is 13.0 Å². The SMILES string of the molecule is Cc1nn(C)c2nc(NCCC(=O)N3CCC(C)CC3)sc12. The standard InChI is InChI=1S/C15H23N5OS/c1-10-5-8-20(9-6-10)12(21)4-7-16-15-17-14-13(22-15)11(2)18-19(14)3/h10H,4-9H2,1-3H3,(H,16,17). The Hall–Kier alpha value is -1.63. The third kappa shape index (κ3) is 3.09. The fraction of sp³-hybridized carbons (Fsp3) is 0.667. The van der Waals surface area contributed by atoms with Gasteiger partial charge in [-0.25, -0.2) is 9.67 Å². The second-order valence-corrected chi connectivity index (χ2v) is 7.12. The van der Waals surface area contributed by atoms with Crippen LogP contribution in [0.1, 0.15) is 31.9 Å². The van der Waals surface area contributed by atoms with E-state index >= 15 is 0 Å². The first-order valence-electron chi connectivity index (χ1n) is 7.86. The molecule has 1 aliphatic heterocycles. The number of hydrogen-bond donors (Lipinski definition) is 1. The normalized spacial score (nSPS) is 16.4. The number of nitrogens with zero attached hydrogens (tertiary/aromatic N) is 4. The number of anilines is 1. The van der Waals surface area contributed by atoms with Crippen molar-refractivity contribution in [2.45, 2.75) is 33.1 Å². The molecule has 6 nitrogen and oxygen atoms in total. The van der Waals surface area contributed by atoms with Crippen LogP contribution in [0.5, 0.6) is 0 Å². The first kappa shape index (κ1) is 15.3. The third-order valence-corrected chi connectivity index (χ3v) is 5.41. The van der Waals surface area contributed by atoms with Crippen molar-refractivity contribution >= 4 is 32.7 Å². The van der Waals surface area contributed by atoms with Crippen molar-refractivity contribution in [1.82, 2.24) is 19.7 Å². The van der Waals surface area contributed by atoms with Gasteiger partial charge in [0, 0.05) is 33.1 Å². The lowest BCUT2D eigenvalue weighted by Gasteiger charge is -2.30. The van der Waals surface area contributed by atoms with E-state index < -0.39 is 0 Å². The number of piperidine rings is 1. The lowest BCUT2D eigenvalue weighted by atomic mass is 9.99. The highest BCUT2D eigenvalue weighted by atomic mass is 32.1. The molecule has 1 aliphatic rings. The van der Waals surface area contributed by atoms with E-state index in [4.69, 9.17) is 0 Å². The predicted octanol–water partition coefficient (Wildman–Crippen LogP) is 2.40. The summed E-state index contributed by atoms with van der Waals surface area (Å²) in [4.78, 5) is 18.7. The Morgan fingerprint density at radius 2 is 2.14 bits per heavy atom. The van der Waals surface area contributed by atoms with Crippen molar-refractivity contribution in [3.63, 3.8) is 0 Å². The zero-order chi connectivity index (χ0) is 15.7. The highest BCUT2D eigenvalue weighted by Crippen LogP contribution is 2.28. The molecule has 7 heteroatoms. The van der Waals surface area contributed by atoms with Crippen molar-refractivity contribution in [3.8, 4) is 0 Å². The van der Waals surface area contributed by atoms with Gasteiger partial charge in [-0.3, -0.25) is 4.79 Å². The summed E-state index contributed by atoms with van der Waals surface area (Å²) in [5, 5.41) is 8.48. The van der Waals surface area contributed by atoms with Crippen molar-refractivity contribution in [3.05, 3.63) is 5.69 Å². The van der Waals surface area contributed by atoms with Gasteiger partial charge in [-0.15, -0.1) is 0 Å². The highest BCUT2D eigenvalue weighted by Gasteiger charge is 2.20. The number of thiazole rings is 1. The summed E-state index contributed by atoms with van der Waals surface area (Å²) in [6.07, 6.45) is 2.79. The Labute approximate surface area is 134 Å². The number of likely N-dealkylation sites (tertiary alicyclic amines) is 1. The molecule has 1 fully saturated rings. The summed E-state index contributed by atoms with van der Waals surface area (Å²) in [6.45, 7) is 6.70. The zero-order valence-corrected chi connectivity index (χ0v) is 14.2. The van der Waals surface area contributed by atoms with Crippen LogP contribution in [0.2, 0.25) is 0 Å². The van der Waals surface area contributed by atoms with Gasteiger partial charge in [-0.1, -0.05) is 18.3 Å². The molecule has 3 rings (SSSR count). The topological polar surface area (TPSA) is 63.1 Å². The summed E-state index contributed by atoms with van der Waals surface area (Å²) in [7, 11) is 1.90. The van der Waals surface area contributed by atoms with Crippen LogP contribution in [0, 0.1) is 12.8 Å². The summed E-state index contributed by atoms with van der Waals surface area (Å²) >= 11 is 1.60. The van der Waals surface area contributed by atoms with E-state index in [1.165, 1.54) is 0 Å². The largest absolute Gasteiger partial charge is 0.361 e. The van der Waals surface area contributed by atoms with Gasteiger partial charge in [0.05, 0.1) is 10.4 Å². The van der Waals surface area contributed by atoms with E-state index in [2.05, 4.69) is 22.3 Å². The maximum Gasteiger partial charge on any atom is 0.224 e. The number of nitrogens with one attached hydrogen (secondary N) is 1. The summed E-state index contributed by atoms with van der Waals surface area (Å²) in [6, 6.07) is 0. The minimum absolute atomic E-state index is 0.248. The van der Waals surface area contributed by atoms with Gasteiger partial charge in [-0.2, -0.15) is 5.10 Å². The van der Waals surface area contributed by atoms with E-state index in [0.29, 0.717) is 13.0 Å². The highest BCUT2D eigenvalue weighted by molar-refractivity contribution is 7.22. The average molecular weight is 321 g/mol. The van der Waals surface area contributed by atoms with Gasteiger partial charge >= 0.3 is 0 Å². The maximum absolute atomic E-state index is 12.2. The Kier molecular flexibility index (Phi) is 4.33. The van der Waals surface area contributed by atoms with E-state index in [-0.39, 0.29) is 5.91 Å². The minimum atomic E-state index is 0.248. The Bertz CT molecular complexity index is 634. The summed E-state index contributed by atoms with van der Waals surface area (Å²) in [5.74, 6) is 1.00. The number of rotatable bonds is 4. The lowest BCUT2D eigenvalue weighted by molar-refractivity contribution is -0.132. The molecule has 1 amide bonds. The van der Waals surface area contributed by atoms with Gasteiger partial charge in [0.25, 0.3) is 0 Å². The first-order valence-corrected chi connectivity index (χ1v) is 8.68. The number of carbonyl (C=O) groups excluding carboxylic acids is 1. The minimum Gasteiger partial charge on any atom is -0.361 e. The number of hydrogen-bond acceptors (Lipinski definition) is 5. The Morgan fingerprint density at radius 3 is 2.82 bits per heavy atom. The smallest absolute Gasteiger partial charge is 0.224 e. The Morgan fingerprint density at radius 1 is 1.41 bits per heavy atom. The molecule has 2 aromatic heterocycles. The summed E-state index contributed by atoms with van der Waals surface area (Å²) in [5.41, 5.74) is 1.91. The summed E-state index contributed by atoms with van der Waals surface area (Å²) < 4.78 is 2.91. The molecule has 120 valence electrons. The van der Waals surface area contributed by atoms with Crippen LogP contribution in [0.15, 0.2) is 0 Å². The van der Waals surface area contributed by atoms with Gasteiger partial charge in [-0.05, 0) is 25.7 Å². The van der Waals surface area contributed by atoms with Crippen molar-refractivity contribution < 1.29 is 4.79 Å². The molecule has 22 heavy (non-hydrogen) atoms. The number of aromatic nitrogens is 3. The number of aryl methyl sites for hydroxylation is 2. The molecule has 0 bridgehead atoms. The van der Waals surface area contributed by atoms with Crippen LogP contribution in [0.25, 0.3) is 10.3 Å². The van der Waals surface area contributed by atoms with Crippen LogP contribution in [-0.4, -0.2) is 45.2 Å². The molecular weight excluding hydrogens is 298 g/mol. The molecule has 1 saturated heterocycles. The molecule has 3 heterocycles. The third-order valence-electron chi connectivity index (χ3n) is 4.30. The molecule has 1 N–H and O–H groups in total. The quantitative estimate of drug-likeness (QED) is 0.939. The van der Waals surface area contributed by atoms with Crippen LogP contribution in [0.4, 0.5) is 5.13 Å². The second kappa shape index (κ2) is 6.24. The fourth-order valence-corrected chi connectivity index (χ4v) is 3.81. The fourth-order valence-electron chi connectivity index (χ4n) is 2.85. The molecule has 0 atom stereocenters. The number of fused-ring (bicyclic) bond motifs is 1. The average Bonchev–Trinajstić information content (AvgIpc) is 3.02. The predicted molar refractivity (Wildman–Crippen MR) is 89.2 cm³/mol. The van der Waals surface area contributed by atoms with Crippen molar-refractivity contribution in [1.29, 1.82) is 0 Å². The van der Waals surface area contributed by atoms with Gasteiger partial charge in [0.1, 0.15) is 0 Å². The molecule has 0 spiro atoms. The van der Waals surface area contributed by atoms with E-state index in [9.17, 15) is 4.79 Å². The van der Waals surface area contributed by atoms with Crippen LogP contribution in [-0.2, 0) is 11.8 Å². The molecular formula is C15H23N5OS. The van der Waals surface area contributed by atoms with Crippen LogP contribution >= 0.6 is 11.3 Å².